The van der Waals surface area contributed by atoms with Crippen molar-refractivity contribution in [2.75, 3.05) is 0 Å². The molecule has 0 bridgehead atoms. The molecule has 2 N–H and O–H groups in total. The number of H-pyrrole nitrogens is 1. The maximum atomic E-state index is 10.1. The Morgan fingerprint density at radius 1 is 1.36 bits per heavy atom. The normalized spacial score (nSPS) is 18.7. The van der Waals surface area contributed by atoms with Gasteiger partial charge in [0.1, 0.15) is 0 Å². The van der Waals surface area contributed by atoms with Crippen LogP contribution in [0.15, 0.2) is 28.9 Å². The number of aromatic nitrogens is 1. The van der Waals surface area contributed by atoms with E-state index in [1.165, 1.54) is 0 Å². The average molecular weight is 252 g/mol. The van der Waals surface area contributed by atoms with E-state index < -0.39 is 5.60 Å². The van der Waals surface area contributed by atoms with E-state index in [4.69, 9.17) is 0 Å². The Morgan fingerprint density at radius 3 is 2.86 bits per heavy atom. The van der Waals surface area contributed by atoms with Crippen molar-refractivity contribution in [2.24, 2.45) is 0 Å². The minimum absolute atomic E-state index is 0.565. The second-order valence-electron chi connectivity index (χ2n) is 3.90. The lowest BCUT2D eigenvalue weighted by molar-refractivity contribution is 0.153. The summed E-state index contributed by atoms with van der Waals surface area (Å²) >= 11 is 3.50. The Kier molecular flexibility index (Phi) is 1.59. The van der Waals surface area contributed by atoms with Crippen molar-refractivity contribution in [2.45, 2.75) is 18.4 Å². The molecule has 14 heavy (non-hydrogen) atoms. The van der Waals surface area contributed by atoms with E-state index in [2.05, 4.69) is 20.9 Å². The molecule has 1 aliphatic carbocycles. The Labute approximate surface area is 90.1 Å². The summed E-state index contributed by atoms with van der Waals surface area (Å²) in [5.74, 6) is 0. The molecular weight excluding hydrogens is 242 g/mol. The topological polar surface area (TPSA) is 36.0 Å². The zero-order valence-corrected chi connectivity index (χ0v) is 9.13. The third-order valence-electron chi connectivity index (χ3n) is 2.88. The molecule has 3 rings (SSSR count). The molecule has 0 unspecified atom stereocenters. The van der Waals surface area contributed by atoms with Crippen LogP contribution >= 0.6 is 15.9 Å². The predicted molar refractivity (Wildman–Crippen MR) is 59.1 cm³/mol. The van der Waals surface area contributed by atoms with Gasteiger partial charge in [0.15, 0.2) is 0 Å². The van der Waals surface area contributed by atoms with Crippen molar-refractivity contribution in [1.29, 1.82) is 0 Å². The van der Waals surface area contributed by atoms with Gasteiger partial charge in [-0.3, -0.25) is 0 Å². The molecule has 0 amide bonds. The number of aliphatic hydroxyl groups is 1. The second kappa shape index (κ2) is 2.61. The highest BCUT2D eigenvalue weighted by Crippen LogP contribution is 2.48. The predicted octanol–water partition coefficient (Wildman–Crippen LogP) is 2.91. The van der Waals surface area contributed by atoms with E-state index in [1.54, 1.807) is 0 Å². The van der Waals surface area contributed by atoms with Crippen LogP contribution in [0.5, 0.6) is 0 Å². The molecule has 2 nitrogen and oxygen atoms in total. The molecule has 3 heteroatoms. The first-order valence-electron chi connectivity index (χ1n) is 4.69. The number of benzene rings is 1. The molecular formula is C11H10BrNO. The van der Waals surface area contributed by atoms with E-state index in [-0.39, 0.29) is 0 Å². The SMILES string of the molecule is OC1(c2cccc3[nH]cc(Br)c23)CC1. The van der Waals surface area contributed by atoms with Crippen LogP contribution < -0.4 is 0 Å². The number of nitrogens with one attached hydrogen (secondary N) is 1. The first-order valence-corrected chi connectivity index (χ1v) is 5.48. The first-order chi connectivity index (χ1) is 6.71. The summed E-state index contributed by atoms with van der Waals surface area (Å²) in [6, 6.07) is 6.01. The number of hydrogen-bond acceptors (Lipinski definition) is 1. The van der Waals surface area contributed by atoms with Gasteiger partial charge in [0, 0.05) is 21.6 Å². The van der Waals surface area contributed by atoms with Gasteiger partial charge in [-0.2, -0.15) is 0 Å². The lowest BCUT2D eigenvalue weighted by Crippen LogP contribution is -2.04. The standard InChI is InChI=1S/C11H10BrNO/c12-8-6-13-9-3-1-2-7(10(8)9)11(14)4-5-11/h1-3,6,13-14H,4-5H2. The van der Waals surface area contributed by atoms with Gasteiger partial charge in [-0.15, -0.1) is 0 Å². The monoisotopic (exact) mass is 251 g/mol. The van der Waals surface area contributed by atoms with Gasteiger partial charge in [-0.05, 0) is 40.4 Å². The van der Waals surface area contributed by atoms with E-state index in [9.17, 15) is 5.11 Å². The highest BCUT2D eigenvalue weighted by atomic mass is 79.9. The summed E-state index contributed by atoms with van der Waals surface area (Å²) in [5, 5.41) is 11.2. The van der Waals surface area contributed by atoms with Crippen LogP contribution in [0.3, 0.4) is 0 Å². The van der Waals surface area contributed by atoms with Crippen LogP contribution in [0.4, 0.5) is 0 Å². The van der Waals surface area contributed by atoms with Crippen molar-refractivity contribution < 1.29 is 5.11 Å². The van der Waals surface area contributed by atoms with Crippen LogP contribution in [0.25, 0.3) is 10.9 Å². The van der Waals surface area contributed by atoms with Crippen LogP contribution in [-0.4, -0.2) is 10.1 Å². The molecule has 1 saturated carbocycles. The highest BCUT2D eigenvalue weighted by Gasteiger charge is 2.43. The van der Waals surface area contributed by atoms with Crippen LogP contribution in [0.2, 0.25) is 0 Å². The molecule has 1 heterocycles. The Bertz CT molecular complexity index is 499. The first kappa shape index (κ1) is 8.50. The van der Waals surface area contributed by atoms with Crippen molar-refractivity contribution in [3.05, 3.63) is 34.4 Å². The van der Waals surface area contributed by atoms with Crippen LogP contribution in [0, 0.1) is 0 Å². The summed E-state index contributed by atoms with van der Waals surface area (Å²) in [4.78, 5) is 3.17. The van der Waals surface area contributed by atoms with E-state index in [1.807, 2.05) is 24.4 Å². The molecule has 1 aromatic carbocycles. The molecule has 1 aromatic heterocycles. The molecule has 72 valence electrons. The third kappa shape index (κ3) is 1.06. The molecule has 1 aliphatic rings. The zero-order chi connectivity index (χ0) is 9.76. The Morgan fingerprint density at radius 2 is 2.14 bits per heavy atom. The fourth-order valence-corrected chi connectivity index (χ4v) is 2.46. The summed E-state index contributed by atoms with van der Waals surface area (Å²) in [6.45, 7) is 0. The maximum absolute atomic E-state index is 10.1. The second-order valence-corrected chi connectivity index (χ2v) is 4.75. The van der Waals surface area contributed by atoms with Gasteiger partial charge >= 0.3 is 0 Å². The van der Waals surface area contributed by atoms with Gasteiger partial charge in [0.25, 0.3) is 0 Å². The van der Waals surface area contributed by atoms with E-state index in [0.29, 0.717) is 0 Å². The summed E-state index contributed by atoms with van der Waals surface area (Å²) < 4.78 is 1.03. The fraction of sp³-hybridized carbons (Fsp3) is 0.273. The minimum Gasteiger partial charge on any atom is -0.385 e. The average Bonchev–Trinajstić information content (AvgIpc) is 2.83. The number of aromatic amines is 1. The quantitative estimate of drug-likeness (QED) is 0.804. The van der Waals surface area contributed by atoms with Gasteiger partial charge in [-0.25, -0.2) is 0 Å². The van der Waals surface area contributed by atoms with Crippen molar-refractivity contribution in [1.82, 2.24) is 4.98 Å². The number of fused-ring (bicyclic) bond motifs is 1. The molecule has 1 fully saturated rings. The van der Waals surface area contributed by atoms with Gasteiger partial charge in [0.05, 0.1) is 5.60 Å². The summed E-state index contributed by atoms with van der Waals surface area (Å²) in [7, 11) is 0. The van der Waals surface area contributed by atoms with Crippen LogP contribution in [-0.2, 0) is 5.60 Å². The summed E-state index contributed by atoms with van der Waals surface area (Å²) in [6.07, 6.45) is 3.67. The molecule has 0 spiro atoms. The maximum Gasteiger partial charge on any atom is 0.0905 e. The smallest absolute Gasteiger partial charge is 0.0905 e. The number of rotatable bonds is 1. The van der Waals surface area contributed by atoms with E-state index >= 15 is 0 Å². The Balaban J connectivity index is 2.37. The molecule has 0 saturated heterocycles. The third-order valence-corrected chi connectivity index (χ3v) is 3.51. The van der Waals surface area contributed by atoms with Gasteiger partial charge in [-0.1, -0.05) is 12.1 Å². The lowest BCUT2D eigenvalue weighted by atomic mass is 10.0. The minimum atomic E-state index is -0.565. The molecule has 2 aromatic rings. The molecule has 0 radical (unpaired) electrons. The van der Waals surface area contributed by atoms with E-state index in [0.717, 1.165) is 33.8 Å². The van der Waals surface area contributed by atoms with Gasteiger partial charge < -0.3 is 10.1 Å². The van der Waals surface area contributed by atoms with Crippen molar-refractivity contribution in [3.63, 3.8) is 0 Å². The largest absolute Gasteiger partial charge is 0.385 e. The fourth-order valence-electron chi connectivity index (χ4n) is 1.92. The number of hydrogen-bond donors (Lipinski definition) is 2. The number of halogens is 1. The van der Waals surface area contributed by atoms with Crippen molar-refractivity contribution >= 4 is 26.8 Å². The molecule has 0 atom stereocenters. The van der Waals surface area contributed by atoms with Crippen LogP contribution in [0.1, 0.15) is 18.4 Å². The zero-order valence-electron chi connectivity index (χ0n) is 7.55. The Hall–Kier alpha value is -0.800. The summed E-state index contributed by atoms with van der Waals surface area (Å²) in [5.41, 5.74) is 1.56. The highest BCUT2D eigenvalue weighted by molar-refractivity contribution is 9.10. The lowest BCUT2D eigenvalue weighted by Gasteiger charge is -2.09. The molecule has 0 aliphatic heterocycles. The van der Waals surface area contributed by atoms with Gasteiger partial charge in [0.2, 0.25) is 0 Å². The van der Waals surface area contributed by atoms with Crippen molar-refractivity contribution in [3.8, 4) is 0 Å².